The van der Waals surface area contributed by atoms with E-state index in [1.165, 1.54) is 6.20 Å². The van der Waals surface area contributed by atoms with Crippen LogP contribution in [0.4, 0.5) is 0 Å². The predicted molar refractivity (Wildman–Crippen MR) is 43.7 cm³/mol. The molecule has 0 atom stereocenters. The van der Waals surface area contributed by atoms with Gasteiger partial charge in [0.05, 0.1) is 6.20 Å². The molecule has 0 saturated heterocycles. The van der Waals surface area contributed by atoms with E-state index in [9.17, 15) is 4.79 Å². The molecule has 4 heteroatoms. The number of pyridine rings is 1. The van der Waals surface area contributed by atoms with Gasteiger partial charge in [-0.05, 0) is 12.1 Å². The van der Waals surface area contributed by atoms with Gasteiger partial charge < -0.3 is 4.74 Å². The molecule has 0 radical (unpaired) electrons. The fraction of sp³-hybridized carbons (Fsp3) is 0.143. The molecule has 0 fully saturated rings. The van der Waals surface area contributed by atoms with E-state index in [4.69, 9.17) is 4.74 Å². The van der Waals surface area contributed by atoms with Gasteiger partial charge in [-0.1, -0.05) is 15.9 Å². The average molecular weight is 216 g/mol. The lowest BCUT2D eigenvalue weighted by Crippen LogP contribution is -2.08. The monoisotopic (exact) mass is 215 g/mol. The summed E-state index contributed by atoms with van der Waals surface area (Å²) in [5.41, 5.74) is 0. The van der Waals surface area contributed by atoms with Crippen LogP contribution in [0.2, 0.25) is 0 Å². The van der Waals surface area contributed by atoms with Crippen LogP contribution in [0.5, 0.6) is 5.75 Å². The third kappa shape index (κ3) is 2.67. The third-order valence-electron chi connectivity index (χ3n) is 0.975. The highest BCUT2D eigenvalue weighted by atomic mass is 79.9. The van der Waals surface area contributed by atoms with Gasteiger partial charge in [0.2, 0.25) is 0 Å². The Hall–Kier alpha value is -0.900. The number of halogens is 1. The Morgan fingerprint density at radius 2 is 2.55 bits per heavy atom. The predicted octanol–water partition coefficient (Wildman–Crippen LogP) is 1.38. The Labute approximate surface area is 72.5 Å². The number of carbonyl (C=O) groups excluding carboxylic acids is 1. The second-order valence-electron chi connectivity index (χ2n) is 1.80. The van der Waals surface area contributed by atoms with E-state index in [0.29, 0.717) is 5.75 Å². The number of esters is 1. The van der Waals surface area contributed by atoms with Crippen LogP contribution >= 0.6 is 15.9 Å². The van der Waals surface area contributed by atoms with E-state index in [2.05, 4.69) is 20.9 Å². The first-order chi connectivity index (χ1) is 5.33. The Kier molecular flexibility index (Phi) is 3.04. The minimum atomic E-state index is -0.321. The van der Waals surface area contributed by atoms with E-state index in [0.717, 1.165) is 0 Å². The molecule has 0 aliphatic carbocycles. The highest BCUT2D eigenvalue weighted by Crippen LogP contribution is 2.06. The maximum Gasteiger partial charge on any atom is 0.322 e. The van der Waals surface area contributed by atoms with Gasteiger partial charge in [0.25, 0.3) is 0 Å². The van der Waals surface area contributed by atoms with Crippen molar-refractivity contribution in [2.45, 2.75) is 0 Å². The fourth-order valence-electron chi connectivity index (χ4n) is 0.566. The average Bonchev–Trinajstić information content (AvgIpc) is 2.06. The van der Waals surface area contributed by atoms with Crippen LogP contribution in [0.3, 0.4) is 0 Å². The summed E-state index contributed by atoms with van der Waals surface area (Å²) in [5.74, 6) is 0.148. The number of hydrogen-bond acceptors (Lipinski definition) is 3. The topological polar surface area (TPSA) is 39.2 Å². The van der Waals surface area contributed by atoms with E-state index in [-0.39, 0.29) is 11.3 Å². The summed E-state index contributed by atoms with van der Waals surface area (Å²) in [6, 6.07) is 3.38. The lowest BCUT2D eigenvalue weighted by molar-refractivity contribution is -0.131. The van der Waals surface area contributed by atoms with Crippen molar-refractivity contribution in [3.8, 4) is 5.75 Å². The van der Waals surface area contributed by atoms with Crippen molar-refractivity contribution >= 4 is 21.9 Å². The summed E-state index contributed by atoms with van der Waals surface area (Å²) in [6.07, 6.45) is 3.10. The van der Waals surface area contributed by atoms with Gasteiger partial charge in [0.1, 0.15) is 11.1 Å². The molecule has 1 heterocycles. The SMILES string of the molecule is O=C(CBr)Oc1cccnc1. The molecule has 0 amide bonds. The largest absolute Gasteiger partial charge is 0.424 e. The van der Waals surface area contributed by atoms with Crippen molar-refractivity contribution in [2.24, 2.45) is 0 Å². The highest BCUT2D eigenvalue weighted by Gasteiger charge is 1.99. The van der Waals surface area contributed by atoms with Gasteiger partial charge in [0, 0.05) is 6.20 Å². The Morgan fingerprint density at radius 1 is 1.73 bits per heavy atom. The van der Waals surface area contributed by atoms with Crippen LogP contribution in [0.15, 0.2) is 24.5 Å². The number of nitrogens with zero attached hydrogens (tertiary/aromatic N) is 1. The molecule has 1 aromatic rings. The van der Waals surface area contributed by atoms with Gasteiger partial charge >= 0.3 is 5.97 Å². The first-order valence-corrected chi connectivity index (χ1v) is 4.12. The number of carbonyl (C=O) groups is 1. The van der Waals surface area contributed by atoms with Crippen molar-refractivity contribution < 1.29 is 9.53 Å². The van der Waals surface area contributed by atoms with Crippen LogP contribution in [-0.2, 0) is 4.79 Å². The molecule has 58 valence electrons. The van der Waals surface area contributed by atoms with Crippen LogP contribution in [-0.4, -0.2) is 16.3 Å². The van der Waals surface area contributed by atoms with Crippen molar-refractivity contribution in [3.05, 3.63) is 24.5 Å². The standard InChI is InChI=1S/C7H6BrNO2/c8-4-7(10)11-6-2-1-3-9-5-6/h1-3,5H,4H2. The van der Waals surface area contributed by atoms with Crippen LogP contribution in [0, 0.1) is 0 Å². The lowest BCUT2D eigenvalue weighted by atomic mass is 10.5. The summed E-state index contributed by atoms with van der Waals surface area (Å²) in [5, 5.41) is 0.196. The third-order valence-corrected chi connectivity index (χ3v) is 1.43. The van der Waals surface area contributed by atoms with Crippen LogP contribution < -0.4 is 4.74 Å². The first-order valence-electron chi connectivity index (χ1n) is 2.99. The molecule has 0 aliphatic rings. The fourth-order valence-corrected chi connectivity index (χ4v) is 0.681. The van der Waals surface area contributed by atoms with Gasteiger partial charge in [0.15, 0.2) is 0 Å². The molecule has 11 heavy (non-hydrogen) atoms. The second kappa shape index (κ2) is 4.08. The molecule has 0 unspecified atom stereocenters. The number of hydrogen-bond donors (Lipinski definition) is 0. The lowest BCUT2D eigenvalue weighted by Gasteiger charge is -1.98. The summed E-state index contributed by atoms with van der Waals surface area (Å²) < 4.78 is 4.82. The number of ether oxygens (including phenoxy) is 1. The Morgan fingerprint density at radius 3 is 3.09 bits per heavy atom. The minimum absolute atomic E-state index is 0.196. The van der Waals surface area contributed by atoms with E-state index >= 15 is 0 Å². The first kappa shape index (κ1) is 8.20. The number of alkyl halides is 1. The van der Waals surface area contributed by atoms with Crippen LogP contribution in [0.25, 0.3) is 0 Å². The minimum Gasteiger partial charge on any atom is -0.424 e. The van der Waals surface area contributed by atoms with Crippen molar-refractivity contribution in [3.63, 3.8) is 0 Å². The van der Waals surface area contributed by atoms with Crippen molar-refractivity contribution in [1.29, 1.82) is 0 Å². The van der Waals surface area contributed by atoms with Crippen LogP contribution in [0.1, 0.15) is 0 Å². The molecule has 1 rings (SSSR count). The van der Waals surface area contributed by atoms with Gasteiger partial charge in [-0.2, -0.15) is 0 Å². The van der Waals surface area contributed by atoms with Gasteiger partial charge in [-0.15, -0.1) is 0 Å². The van der Waals surface area contributed by atoms with Crippen molar-refractivity contribution in [2.75, 3.05) is 5.33 Å². The molecular weight excluding hydrogens is 210 g/mol. The molecule has 0 bridgehead atoms. The number of aromatic nitrogens is 1. The molecule has 0 aliphatic heterocycles. The number of rotatable bonds is 2. The summed E-state index contributed by atoms with van der Waals surface area (Å²) >= 11 is 2.98. The molecule has 1 aromatic heterocycles. The molecule has 0 aromatic carbocycles. The van der Waals surface area contributed by atoms with E-state index < -0.39 is 0 Å². The molecule has 3 nitrogen and oxygen atoms in total. The van der Waals surface area contributed by atoms with Gasteiger partial charge in [-0.25, -0.2) is 0 Å². The highest BCUT2D eigenvalue weighted by molar-refractivity contribution is 9.09. The zero-order valence-corrected chi connectivity index (χ0v) is 7.24. The summed E-state index contributed by atoms with van der Waals surface area (Å²) in [4.78, 5) is 14.5. The zero-order chi connectivity index (χ0) is 8.10. The quantitative estimate of drug-likeness (QED) is 0.553. The maximum absolute atomic E-state index is 10.7. The van der Waals surface area contributed by atoms with E-state index in [1.54, 1.807) is 18.3 Å². The Bertz CT molecular complexity index is 237. The van der Waals surface area contributed by atoms with Crippen molar-refractivity contribution in [1.82, 2.24) is 4.98 Å². The zero-order valence-electron chi connectivity index (χ0n) is 5.66. The molecule has 0 saturated carbocycles. The Balaban J connectivity index is 2.58. The van der Waals surface area contributed by atoms with E-state index in [1.807, 2.05) is 0 Å². The maximum atomic E-state index is 10.7. The summed E-state index contributed by atoms with van der Waals surface area (Å²) in [7, 11) is 0. The molecule has 0 spiro atoms. The summed E-state index contributed by atoms with van der Waals surface area (Å²) in [6.45, 7) is 0. The molecule has 0 N–H and O–H groups in total. The normalized spacial score (nSPS) is 9.18. The smallest absolute Gasteiger partial charge is 0.322 e. The van der Waals surface area contributed by atoms with Gasteiger partial charge in [-0.3, -0.25) is 9.78 Å². The molecular formula is C7H6BrNO2. The second-order valence-corrected chi connectivity index (χ2v) is 2.36.